The zero-order valence-electron chi connectivity index (χ0n) is 16.7. The lowest BCUT2D eigenvalue weighted by molar-refractivity contribution is 0.196. The van der Waals surface area contributed by atoms with E-state index in [-0.39, 0.29) is 24.0 Å². The predicted molar refractivity (Wildman–Crippen MR) is 133 cm³/mol. The van der Waals surface area contributed by atoms with Gasteiger partial charge in [-0.3, -0.25) is 14.9 Å². The van der Waals surface area contributed by atoms with Crippen molar-refractivity contribution >= 4 is 45.9 Å². The highest BCUT2D eigenvalue weighted by Crippen LogP contribution is 2.41. The third kappa shape index (κ3) is 6.39. The summed E-state index contributed by atoms with van der Waals surface area (Å²) in [6, 6.07) is 15.8. The van der Waals surface area contributed by atoms with E-state index in [0.717, 1.165) is 48.6 Å². The van der Waals surface area contributed by atoms with Crippen LogP contribution < -0.4 is 10.6 Å². The number of aromatic nitrogens is 1. The van der Waals surface area contributed by atoms with Crippen molar-refractivity contribution in [2.24, 2.45) is 4.99 Å². The Hall–Kier alpha value is -1.19. The van der Waals surface area contributed by atoms with E-state index < -0.39 is 0 Å². The summed E-state index contributed by atoms with van der Waals surface area (Å²) < 4.78 is 1.13. The number of aliphatic imine (C=N–C) groups is 1. The molecule has 2 aromatic rings. The van der Waals surface area contributed by atoms with Crippen LogP contribution in [0.15, 0.2) is 58.1 Å². The van der Waals surface area contributed by atoms with Crippen molar-refractivity contribution in [2.75, 3.05) is 20.1 Å². The molecule has 2 unspecified atom stereocenters. The van der Waals surface area contributed by atoms with Crippen LogP contribution in [0.4, 0.5) is 0 Å². The number of rotatable bonds is 5. The highest BCUT2D eigenvalue weighted by Gasteiger charge is 2.39. The Kier molecular flexibility index (Phi) is 8.32. The number of nitrogens with one attached hydrogen (secondary N) is 2. The van der Waals surface area contributed by atoms with Crippen molar-refractivity contribution in [1.29, 1.82) is 0 Å². The summed E-state index contributed by atoms with van der Waals surface area (Å²) in [4.78, 5) is 11.4. The summed E-state index contributed by atoms with van der Waals surface area (Å²) in [5.74, 6) is 1.53. The largest absolute Gasteiger partial charge is 0.354 e. The van der Waals surface area contributed by atoms with Gasteiger partial charge in [-0.15, -0.1) is 24.0 Å². The van der Waals surface area contributed by atoms with Crippen molar-refractivity contribution in [3.05, 3.63) is 64.4 Å². The van der Waals surface area contributed by atoms with Crippen molar-refractivity contribution in [3.63, 3.8) is 0 Å². The second kappa shape index (κ2) is 10.7. The quantitative estimate of drug-likeness (QED) is 0.323. The van der Waals surface area contributed by atoms with E-state index in [1.165, 1.54) is 12.0 Å². The van der Waals surface area contributed by atoms with E-state index in [1.807, 2.05) is 19.3 Å². The molecule has 4 rings (SSSR count). The first-order valence-electron chi connectivity index (χ1n) is 10.1. The average Bonchev–Trinajstić information content (AvgIpc) is 3.49. The van der Waals surface area contributed by atoms with E-state index in [9.17, 15) is 0 Å². The highest BCUT2D eigenvalue weighted by molar-refractivity contribution is 14.0. The molecule has 1 aromatic carbocycles. The molecular formula is C22H29BrIN5. The molecule has 1 aliphatic carbocycles. The van der Waals surface area contributed by atoms with Crippen molar-refractivity contribution in [1.82, 2.24) is 20.5 Å². The molecule has 7 heteroatoms. The fourth-order valence-corrected chi connectivity index (χ4v) is 4.19. The molecule has 0 amide bonds. The van der Waals surface area contributed by atoms with Gasteiger partial charge in [0, 0.05) is 55.4 Å². The second-order valence-electron chi connectivity index (χ2n) is 7.73. The number of piperidine rings is 1. The topological polar surface area (TPSA) is 52.6 Å². The summed E-state index contributed by atoms with van der Waals surface area (Å²) in [6.45, 7) is 3.13. The molecule has 29 heavy (non-hydrogen) atoms. The standard InChI is InChI=1S/C22H28BrN5.HI/c1-24-22(27-21-14-20(21)16-5-7-17(23)8-6-16)26-18-9-12-28(13-10-18)15-19-4-2-3-11-25-19;/h2-8,11,18,20-21H,9-10,12-15H2,1H3,(H2,24,26,27);1H. The van der Waals surface area contributed by atoms with Gasteiger partial charge in [-0.05, 0) is 49.1 Å². The van der Waals surface area contributed by atoms with E-state index in [2.05, 4.69) is 77.8 Å². The molecule has 5 nitrogen and oxygen atoms in total. The molecule has 1 saturated carbocycles. The van der Waals surface area contributed by atoms with Crippen molar-refractivity contribution < 1.29 is 0 Å². The third-order valence-electron chi connectivity index (χ3n) is 5.67. The smallest absolute Gasteiger partial charge is 0.191 e. The van der Waals surface area contributed by atoms with Crippen LogP contribution in [0.25, 0.3) is 0 Å². The maximum absolute atomic E-state index is 4.45. The fraction of sp³-hybridized carbons (Fsp3) is 0.455. The minimum atomic E-state index is 0. The van der Waals surface area contributed by atoms with Crippen LogP contribution in [-0.2, 0) is 6.54 Å². The molecule has 1 saturated heterocycles. The molecule has 1 aromatic heterocycles. The lowest BCUT2D eigenvalue weighted by Gasteiger charge is -2.32. The number of likely N-dealkylation sites (tertiary alicyclic amines) is 1. The Morgan fingerprint density at radius 1 is 1.14 bits per heavy atom. The molecule has 2 aliphatic rings. The lowest BCUT2D eigenvalue weighted by Crippen LogP contribution is -2.49. The Bertz CT molecular complexity index is 791. The molecule has 1 aliphatic heterocycles. The number of guanidine groups is 1. The van der Waals surface area contributed by atoms with Crippen LogP contribution in [0.5, 0.6) is 0 Å². The Balaban J connectivity index is 0.00000240. The van der Waals surface area contributed by atoms with Crippen LogP contribution in [-0.4, -0.2) is 48.1 Å². The van der Waals surface area contributed by atoms with E-state index in [0.29, 0.717) is 18.0 Å². The molecule has 2 N–H and O–H groups in total. The van der Waals surface area contributed by atoms with Gasteiger partial charge in [0.05, 0.1) is 5.69 Å². The zero-order chi connectivity index (χ0) is 19.3. The van der Waals surface area contributed by atoms with Crippen LogP contribution in [0.2, 0.25) is 0 Å². The Morgan fingerprint density at radius 3 is 2.55 bits per heavy atom. The number of nitrogens with zero attached hydrogens (tertiary/aromatic N) is 3. The van der Waals surface area contributed by atoms with Crippen LogP contribution in [0.1, 0.15) is 36.4 Å². The van der Waals surface area contributed by atoms with Crippen molar-refractivity contribution in [2.45, 2.75) is 43.8 Å². The summed E-state index contributed by atoms with van der Waals surface area (Å²) in [5.41, 5.74) is 2.55. The lowest BCUT2D eigenvalue weighted by atomic mass is 10.0. The monoisotopic (exact) mass is 569 g/mol. The van der Waals surface area contributed by atoms with Gasteiger partial charge >= 0.3 is 0 Å². The molecular weight excluding hydrogens is 541 g/mol. The molecule has 0 radical (unpaired) electrons. The summed E-state index contributed by atoms with van der Waals surface area (Å²) in [5, 5.41) is 7.24. The number of hydrogen-bond donors (Lipinski definition) is 2. The van der Waals surface area contributed by atoms with Gasteiger partial charge < -0.3 is 10.6 Å². The molecule has 0 bridgehead atoms. The minimum absolute atomic E-state index is 0. The van der Waals surface area contributed by atoms with Gasteiger partial charge in [0.15, 0.2) is 5.96 Å². The zero-order valence-corrected chi connectivity index (χ0v) is 20.6. The molecule has 0 spiro atoms. The number of halogens is 2. The third-order valence-corrected chi connectivity index (χ3v) is 6.20. The van der Waals surface area contributed by atoms with Gasteiger partial charge in [-0.25, -0.2) is 0 Å². The minimum Gasteiger partial charge on any atom is -0.354 e. The number of pyridine rings is 1. The summed E-state index contributed by atoms with van der Waals surface area (Å²) in [7, 11) is 1.86. The maximum Gasteiger partial charge on any atom is 0.191 e. The van der Waals surface area contributed by atoms with Gasteiger partial charge in [0.1, 0.15) is 0 Å². The van der Waals surface area contributed by atoms with Gasteiger partial charge in [0.2, 0.25) is 0 Å². The Morgan fingerprint density at radius 2 is 1.90 bits per heavy atom. The van der Waals surface area contributed by atoms with Gasteiger partial charge in [-0.2, -0.15) is 0 Å². The highest BCUT2D eigenvalue weighted by atomic mass is 127. The molecule has 2 atom stereocenters. The fourth-order valence-electron chi connectivity index (χ4n) is 3.93. The molecule has 2 fully saturated rings. The second-order valence-corrected chi connectivity index (χ2v) is 8.65. The predicted octanol–water partition coefficient (Wildman–Crippen LogP) is 4.15. The first kappa shape index (κ1) is 22.5. The average molecular weight is 570 g/mol. The number of benzene rings is 1. The van der Waals surface area contributed by atoms with Crippen molar-refractivity contribution in [3.8, 4) is 0 Å². The maximum atomic E-state index is 4.45. The Labute approximate surface area is 198 Å². The van der Waals surface area contributed by atoms with Crippen LogP contribution >= 0.6 is 39.9 Å². The summed E-state index contributed by atoms with van der Waals surface area (Å²) >= 11 is 3.51. The molecule has 2 heterocycles. The van der Waals surface area contributed by atoms with E-state index >= 15 is 0 Å². The first-order chi connectivity index (χ1) is 13.7. The van der Waals surface area contributed by atoms with Crippen LogP contribution in [0.3, 0.4) is 0 Å². The van der Waals surface area contributed by atoms with Crippen LogP contribution in [0, 0.1) is 0 Å². The normalized spacial score (nSPS) is 22.6. The first-order valence-corrected chi connectivity index (χ1v) is 10.9. The van der Waals surface area contributed by atoms with E-state index in [4.69, 9.17) is 0 Å². The van der Waals surface area contributed by atoms with Gasteiger partial charge in [-0.1, -0.05) is 34.1 Å². The SMILES string of the molecule is CN=C(NC1CCN(Cc2ccccn2)CC1)NC1CC1c1ccc(Br)cc1.I. The van der Waals surface area contributed by atoms with E-state index in [1.54, 1.807) is 0 Å². The number of hydrogen-bond acceptors (Lipinski definition) is 3. The molecule has 156 valence electrons. The summed E-state index contributed by atoms with van der Waals surface area (Å²) in [6.07, 6.45) is 5.31. The van der Waals surface area contributed by atoms with Gasteiger partial charge in [0.25, 0.3) is 0 Å².